The summed E-state index contributed by atoms with van der Waals surface area (Å²) in [6.07, 6.45) is 1.65. The van der Waals surface area contributed by atoms with Crippen molar-refractivity contribution in [3.8, 4) is 6.07 Å². The Kier molecular flexibility index (Phi) is 3.46. The van der Waals surface area contributed by atoms with Gasteiger partial charge < -0.3 is 0 Å². The second-order valence-corrected chi connectivity index (χ2v) is 5.23. The zero-order valence-corrected chi connectivity index (χ0v) is 11.9. The summed E-state index contributed by atoms with van der Waals surface area (Å²) in [4.78, 5) is 12.5. The minimum Gasteiger partial charge on any atom is -0.272 e. The highest BCUT2D eigenvalue weighted by molar-refractivity contribution is 7.99. The maximum atomic E-state index is 12.5. The number of nitriles is 1. The van der Waals surface area contributed by atoms with Crippen LogP contribution in [0, 0.1) is 11.3 Å². The van der Waals surface area contributed by atoms with Crippen molar-refractivity contribution in [3.05, 3.63) is 47.3 Å². The number of thioether (sulfide) groups is 1. The Balaban J connectivity index is 2.44. The van der Waals surface area contributed by atoms with Crippen molar-refractivity contribution in [3.63, 3.8) is 0 Å². The van der Waals surface area contributed by atoms with E-state index in [2.05, 4.69) is 22.8 Å². The summed E-state index contributed by atoms with van der Waals surface area (Å²) in [6, 6.07) is 9.37. The Morgan fingerprint density at radius 1 is 1.38 bits per heavy atom. The normalized spacial score (nSPS) is 10.8. The third kappa shape index (κ3) is 2.10. The summed E-state index contributed by atoms with van der Waals surface area (Å²) >= 11 is 1.29. The Morgan fingerprint density at radius 3 is 2.95 bits per heavy atom. The van der Waals surface area contributed by atoms with Crippen molar-refractivity contribution in [2.24, 2.45) is 0 Å². The molecule has 0 aliphatic rings. The molecule has 0 radical (unpaired) electrons. The van der Waals surface area contributed by atoms with Crippen LogP contribution in [0.1, 0.15) is 0 Å². The summed E-state index contributed by atoms with van der Waals surface area (Å²) in [7, 11) is 0. The summed E-state index contributed by atoms with van der Waals surface area (Å²) in [5.41, 5.74) is 0.616. The molecule has 21 heavy (non-hydrogen) atoms. The van der Waals surface area contributed by atoms with Gasteiger partial charge in [0.1, 0.15) is 0 Å². The molecule has 1 aromatic carbocycles. The van der Waals surface area contributed by atoms with Gasteiger partial charge in [0.05, 0.1) is 22.7 Å². The number of fused-ring (bicyclic) bond motifs is 3. The van der Waals surface area contributed by atoms with Crippen LogP contribution in [0.25, 0.3) is 16.7 Å². The molecule has 0 atom stereocenters. The summed E-state index contributed by atoms with van der Waals surface area (Å²) in [5, 5.41) is 18.1. The lowest BCUT2D eigenvalue weighted by atomic mass is 10.2. The molecule has 0 unspecified atom stereocenters. The highest BCUT2D eigenvalue weighted by Gasteiger charge is 2.15. The van der Waals surface area contributed by atoms with Crippen LogP contribution in [-0.2, 0) is 6.54 Å². The van der Waals surface area contributed by atoms with Gasteiger partial charge in [-0.2, -0.15) is 5.26 Å². The van der Waals surface area contributed by atoms with Gasteiger partial charge >= 0.3 is 0 Å². The number of hydrogen-bond donors (Lipinski definition) is 0. The first-order chi connectivity index (χ1) is 10.3. The monoisotopic (exact) mass is 297 g/mol. The van der Waals surface area contributed by atoms with Crippen LogP contribution in [0.15, 0.2) is 46.9 Å². The molecule has 0 saturated carbocycles. The molecule has 3 aromatic rings. The van der Waals surface area contributed by atoms with E-state index in [4.69, 9.17) is 5.26 Å². The largest absolute Gasteiger partial charge is 0.272 e. The van der Waals surface area contributed by atoms with Crippen LogP contribution in [0.2, 0.25) is 0 Å². The van der Waals surface area contributed by atoms with E-state index in [-0.39, 0.29) is 11.3 Å². The van der Waals surface area contributed by atoms with Crippen LogP contribution in [0.3, 0.4) is 0 Å². The van der Waals surface area contributed by atoms with Crippen molar-refractivity contribution in [2.75, 3.05) is 5.75 Å². The van der Waals surface area contributed by atoms with Gasteiger partial charge in [-0.05, 0) is 12.1 Å². The predicted molar refractivity (Wildman–Crippen MR) is 81.3 cm³/mol. The number of aromatic nitrogens is 4. The highest BCUT2D eigenvalue weighted by atomic mass is 32.2. The van der Waals surface area contributed by atoms with Crippen LogP contribution in [0.5, 0.6) is 0 Å². The van der Waals surface area contributed by atoms with E-state index in [9.17, 15) is 4.79 Å². The van der Waals surface area contributed by atoms with E-state index in [1.807, 2.05) is 22.6 Å². The molecule has 0 fully saturated rings. The Hall–Kier alpha value is -2.59. The van der Waals surface area contributed by atoms with Crippen molar-refractivity contribution in [1.29, 1.82) is 5.26 Å². The zero-order chi connectivity index (χ0) is 14.8. The van der Waals surface area contributed by atoms with Gasteiger partial charge in [0, 0.05) is 6.54 Å². The molecule has 2 aromatic heterocycles. The number of hydrogen-bond acceptors (Lipinski definition) is 5. The maximum absolute atomic E-state index is 12.5. The molecule has 0 N–H and O–H groups in total. The first kappa shape index (κ1) is 13.4. The number of nitrogens with zero attached hydrogens (tertiary/aromatic N) is 5. The molecule has 0 aliphatic carbocycles. The second kappa shape index (κ2) is 5.42. The van der Waals surface area contributed by atoms with Gasteiger partial charge in [-0.15, -0.1) is 16.8 Å². The maximum Gasteiger partial charge on any atom is 0.263 e. The molecule has 0 bridgehead atoms. The van der Waals surface area contributed by atoms with Gasteiger partial charge in [-0.3, -0.25) is 13.8 Å². The summed E-state index contributed by atoms with van der Waals surface area (Å²) < 4.78 is 3.33. The lowest BCUT2D eigenvalue weighted by molar-refractivity contribution is 0.783. The van der Waals surface area contributed by atoms with E-state index in [1.54, 1.807) is 12.1 Å². The first-order valence-corrected chi connectivity index (χ1v) is 7.24. The molecular formula is C14H11N5OS. The minimum absolute atomic E-state index is 0.123. The van der Waals surface area contributed by atoms with Crippen LogP contribution >= 0.6 is 11.8 Å². The standard InChI is InChI=1S/C14H11N5OS/c1-2-8-18-12(20)10-5-3-4-6-11(10)19-13(18)16-17-14(19)21-9-7-15/h2-6H,1,8-9H2. The number of rotatable bonds is 4. The topological polar surface area (TPSA) is 76.0 Å². The van der Waals surface area contributed by atoms with E-state index >= 15 is 0 Å². The summed E-state index contributed by atoms with van der Waals surface area (Å²) in [6.45, 7) is 4.03. The molecule has 0 saturated heterocycles. The molecule has 0 amide bonds. The predicted octanol–water partition coefficient (Wildman–Crippen LogP) is 1.85. The van der Waals surface area contributed by atoms with Crippen molar-refractivity contribution in [2.45, 2.75) is 11.7 Å². The number of allylic oxidation sites excluding steroid dienone is 1. The van der Waals surface area contributed by atoms with Gasteiger partial charge in [-0.25, -0.2) is 0 Å². The van der Waals surface area contributed by atoms with E-state index in [1.165, 1.54) is 16.3 Å². The van der Waals surface area contributed by atoms with Gasteiger partial charge in [0.15, 0.2) is 5.16 Å². The highest BCUT2D eigenvalue weighted by Crippen LogP contribution is 2.21. The third-order valence-corrected chi connectivity index (χ3v) is 3.85. The van der Waals surface area contributed by atoms with Crippen molar-refractivity contribution in [1.82, 2.24) is 19.2 Å². The minimum atomic E-state index is -0.123. The van der Waals surface area contributed by atoms with E-state index in [0.717, 1.165) is 5.52 Å². The number of para-hydroxylation sites is 1. The lowest BCUT2D eigenvalue weighted by Crippen LogP contribution is -2.22. The average Bonchev–Trinajstić information content (AvgIpc) is 2.93. The van der Waals surface area contributed by atoms with Crippen LogP contribution in [-0.4, -0.2) is 24.9 Å². The first-order valence-electron chi connectivity index (χ1n) is 6.25. The molecule has 6 nitrogen and oxygen atoms in total. The Bertz CT molecular complexity index is 934. The molecule has 0 spiro atoms. The van der Waals surface area contributed by atoms with Gasteiger partial charge in [0.2, 0.25) is 5.78 Å². The lowest BCUT2D eigenvalue weighted by Gasteiger charge is -2.09. The summed E-state index contributed by atoms with van der Waals surface area (Å²) in [5.74, 6) is 0.731. The molecule has 104 valence electrons. The zero-order valence-electron chi connectivity index (χ0n) is 11.1. The van der Waals surface area contributed by atoms with Crippen molar-refractivity contribution < 1.29 is 0 Å². The van der Waals surface area contributed by atoms with Gasteiger partial charge in [-0.1, -0.05) is 30.0 Å². The number of benzene rings is 1. The fraction of sp³-hybridized carbons (Fsp3) is 0.143. The van der Waals surface area contributed by atoms with Crippen LogP contribution < -0.4 is 5.56 Å². The van der Waals surface area contributed by atoms with Gasteiger partial charge in [0.25, 0.3) is 5.56 Å². The third-order valence-electron chi connectivity index (χ3n) is 3.06. The molecule has 3 rings (SSSR count). The fourth-order valence-electron chi connectivity index (χ4n) is 2.22. The van der Waals surface area contributed by atoms with E-state index in [0.29, 0.717) is 22.9 Å². The second-order valence-electron chi connectivity index (χ2n) is 4.29. The smallest absolute Gasteiger partial charge is 0.263 e. The van der Waals surface area contributed by atoms with E-state index < -0.39 is 0 Å². The average molecular weight is 297 g/mol. The molecular weight excluding hydrogens is 286 g/mol. The van der Waals surface area contributed by atoms with Crippen LogP contribution in [0.4, 0.5) is 0 Å². The Labute approximate surface area is 124 Å². The Morgan fingerprint density at radius 2 is 2.19 bits per heavy atom. The quantitative estimate of drug-likeness (QED) is 0.542. The van der Waals surface area contributed by atoms with Crippen molar-refractivity contribution >= 4 is 28.4 Å². The molecule has 2 heterocycles. The fourth-order valence-corrected chi connectivity index (χ4v) is 2.82. The molecule has 7 heteroatoms. The molecule has 0 aliphatic heterocycles. The SMILES string of the molecule is C=CCn1c(=O)c2ccccc2n2c(SCC#N)nnc12.